The fourth-order valence-corrected chi connectivity index (χ4v) is 4.86. The number of hydrogen-bond donors (Lipinski definition) is 2. The third-order valence-electron chi connectivity index (χ3n) is 5.91. The Morgan fingerprint density at radius 2 is 2.00 bits per heavy atom. The molecule has 0 radical (unpaired) electrons. The molecule has 0 bridgehead atoms. The van der Waals surface area contributed by atoms with Gasteiger partial charge >= 0.3 is 13.9 Å². The summed E-state index contributed by atoms with van der Waals surface area (Å²) in [6.07, 6.45) is 4.86. The van der Waals surface area contributed by atoms with Crippen molar-refractivity contribution in [2.24, 2.45) is 0 Å². The van der Waals surface area contributed by atoms with Crippen molar-refractivity contribution in [1.29, 1.82) is 0 Å². The molecule has 1 aliphatic carbocycles. The van der Waals surface area contributed by atoms with Gasteiger partial charge in [0.2, 0.25) is 0 Å². The van der Waals surface area contributed by atoms with E-state index in [9.17, 15) is 14.5 Å². The van der Waals surface area contributed by atoms with Gasteiger partial charge in [-0.15, -0.1) is 0 Å². The first-order chi connectivity index (χ1) is 15.9. The Labute approximate surface area is 193 Å². The van der Waals surface area contributed by atoms with E-state index in [4.69, 9.17) is 9.05 Å². The van der Waals surface area contributed by atoms with Crippen LogP contribution in [0, 0.1) is 0 Å². The van der Waals surface area contributed by atoms with Gasteiger partial charge in [0.1, 0.15) is 11.5 Å². The lowest BCUT2D eigenvalue weighted by Gasteiger charge is -2.17. The topological polar surface area (TPSA) is 106 Å². The standard InChI is InChI=1S/C24H30N3O5P/c1-4-5-11-31-33(30)32-22-14-21(28)20(13-19(22)15(2)3)23-25-26-24(29)27(23)18-10-9-16-7-6-8-17(16)12-18/h9-10,12-15,28,33H,4-8,11H2,1-3H3,(H,26,29). The van der Waals surface area contributed by atoms with Crippen molar-refractivity contribution in [3.8, 4) is 28.6 Å². The zero-order chi connectivity index (χ0) is 23.5. The summed E-state index contributed by atoms with van der Waals surface area (Å²) in [5.41, 5.74) is 3.97. The molecule has 3 aromatic rings. The molecule has 1 aliphatic rings. The van der Waals surface area contributed by atoms with Crippen molar-refractivity contribution in [1.82, 2.24) is 14.8 Å². The number of phenols is 1. The van der Waals surface area contributed by atoms with E-state index in [1.807, 2.05) is 39.0 Å². The molecule has 0 amide bonds. The van der Waals surface area contributed by atoms with Crippen molar-refractivity contribution in [3.63, 3.8) is 0 Å². The van der Waals surface area contributed by atoms with Crippen LogP contribution in [0.5, 0.6) is 11.5 Å². The van der Waals surface area contributed by atoms with Crippen LogP contribution in [0.25, 0.3) is 17.1 Å². The number of phenolic OH excluding ortho intramolecular Hbond substituents is 1. The molecule has 4 rings (SSSR count). The highest BCUT2D eigenvalue weighted by molar-refractivity contribution is 7.33. The van der Waals surface area contributed by atoms with Gasteiger partial charge in [-0.25, -0.2) is 19.0 Å². The summed E-state index contributed by atoms with van der Waals surface area (Å²) in [5, 5.41) is 17.5. The Kier molecular flexibility index (Phi) is 7.05. The SMILES string of the molecule is CCCCO[PH](=O)Oc1cc(O)c(-c2n[nH]c(=O)n2-c2ccc3c(c2)CCC3)cc1C(C)C. The Balaban J connectivity index is 1.73. The number of aromatic nitrogens is 3. The van der Waals surface area contributed by atoms with Gasteiger partial charge < -0.3 is 14.2 Å². The summed E-state index contributed by atoms with van der Waals surface area (Å²) >= 11 is 0. The fourth-order valence-electron chi connectivity index (χ4n) is 4.14. The van der Waals surface area contributed by atoms with Crippen LogP contribution >= 0.6 is 8.25 Å². The van der Waals surface area contributed by atoms with E-state index in [1.54, 1.807) is 6.07 Å². The average Bonchev–Trinajstić information content (AvgIpc) is 3.39. The zero-order valence-electron chi connectivity index (χ0n) is 19.2. The van der Waals surface area contributed by atoms with Crippen LogP contribution < -0.4 is 10.2 Å². The summed E-state index contributed by atoms with van der Waals surface area (Å²) < 4.78 is 24.6. The van der Waals surface area contributed by atoms with Gasteiger partial charge in [-0.2, -0.15) is 5.10 Å². The van der Waals surface area contributed by atoms with Gasteiger partial charge in [0.25, 0.3) is 0 Å². The molecule has 2 aromatic carbocycles. The second-order valence-electron chi connectivity index (χ2n) is 8.61. The molecule has 2 N–H and O–H groups in total. The van der Waals surface area contributed by atoms with E-state index in [0.717, 1.165) is 37.7 Å². The number of aryl methyl sites for hydroxylation is 2. The lowest BCUT2D eigenvalue weighted by atomic mass is 9.98. The third kappa shape index (κ3) is 4.92. The molecule has 8 nitrogen and oxygen atoms in total. The van der Waals surface area contributed by atoms with Crippen LogP contribution in [-0.4, -0.2) is 26.5 Å². The third-order valence-corrected chi connectivity index (χ3v) is 6.74. The van der Waals surface area contributed by atoms with Crippen LogP contribution in [0.2, 0.25) is 0 Å². The smallest absolute Gasteiger partial charge is 0.367 e. The summed E-state index contributed by atoms with van der Waals surface area (Å²) in [5.74, 6) is 0.479. The van der Waals surface area contributed by atoms with Gasteiger partial charge in [0.05, 0.1) is 17.9 Å². The van der Waals surface area contributed by atoms with Gasteiger partial charge in [0.15, 0.2) is 5.82 Å². The van der Waals surface area contributed by atoms with Crippen LogP contribution in [-0.2, 0) is 21.9 Å². The number of H-pyrrole nitrogens is 1. The van der Waals surface area contributed by atoms with E-state index in [2.05, 4.69) is 10.2 Å². The number of benzene rings is 2. The number of fused-ring (bicyclic) bond motifs is 1. The Bertz CT molecular complexity index is 1230. The molecule has 0 saturated heterocycles. The minimum absolute atomic E-state index is 0.00361. The lowest BCUT2D eigenvalue weighted by molar-refractivity contribution is 0.280. The second-order valence-corrected chi connectivity index (χ2v) is 9.60. The molecule has 0 aliphatic heterocycles. The number of aromatic hydroxyl groups is 1. The molecule has 0 fully saturated rings. The fraction of sp³-hybridized carbons (Fsp3) is 0.417. The molecule has 1 atom stereocenters. The van der Waals surface area contributed by atoms with Crippen LogP contribution in [0.4, 0.5) is 0 Å². The van der Waals surface area contributed by atoms with Gasteiger partial charge in [-0.3, -0.25) is 0 Å². The molecule has 1 aromatic heterocycles. The quantitative estimate of drug-likeness (QED) is 0.331. The highest BCUT2D eigenvalue weighted by Gasteiger charge is 2.22. The van der Waals surface area contributed by atoms with E-state index in [0.29, 0.717) is 29.4 Å². The van der Waals surface area contributed by atoms with Crippen LogP contribution in [0.1, 0.15) is 62.6 Å². The first-order valence-corrected chi connectivity index (χ1v) is 12.6. The van der Waals surface area contributed by atoms with E-state index >= 15 is 0 Å². The molecule has 1 heterocycles. The van der Waals surface area contributed by atoms with Crippen molar-refractivity contribution in [2.45, 2.75) is 58.8 Å². The first-order valence-electron chi connectivity index (χ1n) is 11.4. The summed E-state index contributed by atoms with van der Waals surface area (Å²) in [4.78, 5) is 12.7. The largest absolute Gasteiger partial charge is 0.507 e. The van der Waals surface area contributed by atoms with Gasteiger partial charge in [0, 0.05) is 6.07 Å². The summed E-state index contributed by atoms with van der Waals surface area (Å²) in [6.45, 7) is 6.31. The first kappa shape index (κ1) is 23.3. The normalized spacial score (nSPS) is 13.9. The highest BCUT2D eigenvalue weighted by atomic mass is 31.1. The predicted molar refractivity (Wildman–Crippen MR) is 128 cm³/mol. The zero-order valence-corrected chi connectivity index (χ0v) is 20.2. The Morgan fingerprint density at radius 1 is 1.21 bits per heavy atom. The van der Waals surface area contributed by atoms with Gasteiger partial charge in [-0.05, 0) is 66.5 Å². The van der Waals surface area contributed by atoms with Crippen LogP contribution in [0.3, 0.4) is 0 Å². The molecule has 9 heteroatoms. The second kappa shape index (κ2) is 9.98. The number of unbranched alkanes of at least 4 members (excludes halogenated alkanes) is 1. The average molecular weight is 471 g/mol. The Morgan fingerprint density at radius 3 is 2.76 bits per heavy atom. The lowest BCUT2D eigenvalue weighted by Crippen LogP contribution is -2.16. The molecule has 176 valence electrons. The number of nitrogens with one attached hydrogen (secondary N) is 1. The van der Waals surface area contributed by atoms with E-state index in [1.165, 1.54) is 21.8 Å². The summed E-state index contributed by atoms with van der Waals surface area (Å²) in [6, 6.07) is 9.12. The number of hydrogen-bond acceptors (Lipinski definition) is 6. The van der Waals surface area contributed by atoms with Crippen molar-refractivity contribution in [2.75, 3.05) is 6.61 Å². The van der Waals surface area contributed by atoms with Crippen molar-refractivity contribution in [3.05, 3.63) is 57.5 Å². The van der Waals surface area contributed by atoms with Gasteiger partial charge in [-0.1, -0.05) is 33.3 Å². The minimum Gasteiger partial charge on any atom is -0.507 e. The maximum absolute atomic E-state index is 12.7. The molecule has 33 heavy (non-hydrogen) atoms. The number of nitrogens with zero attached hydrogens (tertiary/aromatic N) is 2. The molecule has 1 unspecified atom stereocenters. The maximum Gasteiger partial charge on any atom is 0.367 e. The van der Waals surface area contributed by atoms with E-state index < -0.39 is 8.25 Å². The molecular weight excluding hydrogens is 441 g/mol. The molecular formula is C24H30N3O5P. The monoisotopic (exact) mass is 471 g/mol. The number of rotatable bonds is 9. The van der Waals surface area contributed by atoms with Crippen molar-refractivity contribution < 1.29 is 18.7 Å². The highest BCUT2D eigenvalue weighted by Crippen LogP contribution is 2.41. The minimum atomic E-state index is -2.75. The molecule has 0 spiro atoms. The molecule has 0 saturated carbocycles. The number of aromatic amines is 1. The van der Waals surface area contributed by atoms with E-state index in [-0.39, 0.29) is 17.4 Å². The summed E-state index contributed by atoms with van der Waals surface area (Å²) in [7, 11) is -2.75. The maximum atomic E-state index is 12.7. The predicted octanol–water partition coefficient (Wildman–Crippen LogP) is 5.13. The van der Waals surface area contributed by atoms with Crippen molar-refractivity contribution >= 4 is 8.25 Å². The Hall–Kier alpha value is -2.83. The van der Waals surface area contributed by atoms with Crippen LogP contribution in [0.15, 0.2) is 35.1 Å².